The van der Waals surface area contributed by atoms with Crippen molar-refractivity contribution in [3.8, 4) is 0 Å². The van der Waals surface area contributed by atoms with Crippen LogP contribution < -0.4 is 0 Å². The molecule has 0 bridgehead atoms. The van der Waals surface area contributed by atoms with Crippen LogP contribution in [0.5, 0.6) is 0 Å². The van der Waals surface area contributed by atoms with Gasteiger partial charge in [0.25, 0.3) is 0 Å². The van der Waals surface area contributed by atoms with Gasteiger partial charge in [-0.2, -0.15) is 0 Å². The second kappa shape index (κ2) is 9.07. The minimum atomic E-state index is 0.590. The first kappa shape index (κ1) is 16.3. The van der Waals surface area contributed by atoms with Crippen LogP contribution in [0.4, 0.5) is 0 Å². The summed E-state index contributed by atoms with van der Waals surface area (Å²) in [5.74, 6) is 3.15. The van der Waals surface area contributed by atoms with E-state index in [9.17, 15) is 0 Å². The molecule has 2 saturated carbocycles. The SMILES string of the molecule is CCCCC1CCC(C2CCC(OCCC)CC2)CC1. The van der Waals surface area contributed by atoms with Crippen molar-refractivity contribution >= 4 is 0 Å². The number of ether oxygens (including phenoxy) is 1. The lowest BCUT2D eigenvalue weighted by molar-refractivity contribution is 0.00726. The average Bonchev–Trinajstić information content (AvgIpc) is 2.52. The van der Waals surface area contributed by atoms with Gasteiger partial charge in [-0.15, -0.1) is 0 Å². The Labute approximate surface area is 126 Å². The van der Waals surface area contributed by atoms with Gasteiger partial charge >= 0.3 is 0 Å². The lowest BCUT2D eigenvalue weighted by atomic mass is 9.70. The van der Waals surface area contributed by atoms with Gasteiger partial charge in [0.05, 0.1) is 6.10 Å². The number of hydrogen-bond acceptors (Lipinski definition) is 1. The van der Waals surface area contributed by atoms with Gasteiger partial charge in [0.15, 0.2) is 0 Å². The van der Waals surface area contributed by atoms with E-state index in [-0.39, 0.29) is 0 Å². The molecule has 20 heavy (non-hydrogen) atoms. The zero-order valence-electron chi connectivity index (χ0n) is 13.9. The highest BCUT2D eigenvalue weighted by Gasteiger charge is 2.30. The topological polar surface area (TPSA) is 9.23 Å². The maximum atomic E-state index is 5.93. The van der Waals surface area contributed by atoms with Gasteiger partial charge in [-0.05, 0) is 62.7 Å². The van der Waals surface area contributed by atoms with Crippen molar-refractivity contribution in [2.24, 2.45) is 17.8 Å². The van der Waals surface area contributed by atoms with Crippen LogP contribution in [0.25, 0.3) is 0 Å². The van der Waals surface area contributed by atoms with Gasteiger partial charge in [-0.1, -0.05) is 46.0 Å². The maximum Gasteiger partial charge on any atom is 0.0575 e. The predicted molar refractivity (Wildman–Crippen MR) is 87.0 cm³/mol. The van der Waals surface area contributed by atoms with Gasteiger partial charge in [0, 0.05) is 6.61 Å². The highest BCUT2D eigenvalue weighted by atomic mass is 16.5. The van der Waals surface area contributed by atoms with E-state index in [4.69, 9.17) is 4.74 Å². The Balaban J connectivity index is 1.63. The average molecular weight is 280 g/mol. The molecular formula is C19H36O. The lowest BCUT2D eigenvalue weighted by Gasteiger charge is -2.37. The van der Waals surface area contributed by atoms with Crippen LogP contribution in [-0.4, -0.2) is 12.7 Å². The zero-order chi connectivity index (χ0) is 14.2. The first-order valence-electron chi connectivity index (χ1n) is 9.45. The summed E-state index contributed by atoms with van der Waals surface area (Å²) >= 11 is 0. The molecule has 0 radical (unpaired) electrons. The predicted octanol–water partition coefficient (Wildman–Crippen LogP) is 5.97. The van der Waals surface area contributed by atoms with Gasteiger partial charge in [-0.3, -0.25) is 0 Å². The highest BCUT2D eigenvalue weighted by Crippen LogP contribution is 2.41. The molecule has 0 heterocycles. The van der Waals surface area contributed by atoms with Crippen LogP contribution in [0.15, 0.2) is 0 Å². The van der Waals surface area contributed by atoms with E-state index in [1.54, 1.807) is 0 Å². The monoisotopic (exact) mass is 280 g/mol. The fourth-order valence-electron chi connectivity index (χ4n) is 4.45. The van der Waals surface area contributed by atoms with Gasteiger partial charge in [-0.25, -0.2) is 0 Å². The van der Waals surface area contributed by atoms with Crippen molar-refractivity contribution in [3.05, 3.63) is 0 Å². The summed E-state index contributed by atoms with van der Waals surface area (Å²) in [6.45, 7) is 5.51. The normalized spacial score (nSPS) is 35.1. The first-order valence-corrected chi connectivity index (χ1v) is 9.45. The lowest BCUT2D eigenvalue weighted by Crippen LogP contribution is -2.28. The van der Waals surface area contributed by atoms with Crippen molar-refractivity contribution in [3.63, 3.8) is 0 Å². The fourth-order valence-corrected chi connectivity index (χ4v) is 4.45. The molecule has 0 unspecified atom stereocenters. The van der Waals surface area contributed by atoms with Crippen molar-refractivity contribution in [1.29, 1.82) is 0 Å². The van der Waals surface area contributed by atoms with E-state index in [1.165, 1.54) is 77.0 Å². The highest BCUT2D eigenvalue weighted by molar-refractivity contribution is 4.82. The summed E-state index contributed by atoms with van der Waals surface area (Å²) in [5.41, 5.74) is 0. The summed E-state index contributed by atoms with van der Waals surface area (Å²) in [6, 6.07) is 0. The molecule has 2 aliphatic rings. The molecular weight excluding hydrogens is 244 g/mol. The standard InChI is InChI=1S/C19H36O/c1-3-5-6-16-7-9-17(10-8-16)18-11-13-19(14-12-18)20-15-4-2/h16-19H,3-15H2,1-2H3. The van der Waals surface area contributed by atoms with Gasteiger partial charge in [0.1, 0.15) is 0 Å². The Morgan fingerprint density at radius 3 is 1.90 bits per heavy atom. The molecule has 0 amide bonds. The third-order valence-corrected chi connectivity index (χ3v) is 5.80. The Morgan fingerprint density at radius 1 is 0.750 bits per heavy atom. The molecule has 0 aromatic carbocycles. The molecule has 0 atom stereocenters. The van der Waals surface area contributed by atoms with Crippen LogP contribution in [0.1, 0.15) is 90.9 Å². The van der Waals surface area contributed by atoms with Gasteiger partial charge < -0.3 is 4.74 Å². The molecule has 0 aliphatic heterocycles. The van der Waals surface area contributed by atoms with Crippen LogP contribution >= 0.6 is 0 Å². The molecule has 2 rings (SSSR count). The second-order valence-corrected chi connectivity index (χ2v) is 7.33. The Hall–Kier alpha value is -0.0400. The van der Waals surface area contributed by atoms with E-state index in [2.05, 4.69) is 13.8 Å². The molecule has 1 heteroatoms. The maximum absolute atomic E-state index is 5.93. The van der Waals surface area contributed by atoms with Crippen molar-refractivity contribution < 1.29 is 4.74 Å². The number of unbranched alkanes of at least 4 members (excludes halogenated alkanes) is 1. The Bertz CT molecular complexity index is 208. The smallest absolute Gasteiger partial charge is 0.0575 e. The summed E-state index contributed by atoms with van der Waals surface area (Å²) in [5, 5.41) is 0. The number of hydrogen-bond donors (Lipinski definition) is 0. The molecule has 1 nitrogen and oxygen atoms in total. The quantitative estimate of drug-likeness (QED) is 0.558. The number of rotatable bonds is 7. The molecule has 0 spiro atoms. The molecule has 0 N–H and O–H groups in total. The van der Waals surface area contributed by atoms with Crippen molar-refractivity contribution in [2.45, 2.75) is 97.0 Å². The van der Waals surface area contributed by atoms with E-state index in [1.807, 2.05) is 0 Å². The van der Waals surface area contributed by atoms with E-state index < -0.39 is 0 Å². The summed E-state index contributed by atoms with van der Waals surface area (Å²) in [7, 11) is 0. The third kappa shape index (κ3) is 5.06. The molecule has 0 aromatic heterocycles. The van der Waals surface area contributed by atoms with Crippen molar-refractivity contribution in [2.75, 3.05) is 6.61 Å². The summed E-state index contributed by atoms with van der Waals surface area (Å²) in [6.07, 6.45) is 17.7. The van der Waals surface area contributed by atoms with Crippen LogP contribution in [0.2, 0.25) is 0 Å². The zero-order valence-corrected chi connectivity index (χ0v) is 13.9. The van der Waals surface area contributed by atoms with E-state index in [0.717, 1.165) is 24.4 Å². The first-order chi connectivity index (χ1) is 9.83. The second-order valence-electron chi connectivity index (χ2n) is 7.33. The molecule has 0 aromatic rings. The molecule has 2 aliphatic carbocycles. The largest absolute Gasteiger partial charge is 0.378 e. The van der Waals surface area contributed by atoms with E-state index in [0.29, 0.717) is 6.10 Å². The van der Waals surface area contributed by atoms with Crippen LogP contribution in [0, 0.1) is 17.8 Å². The van der Waals surface area contributed by atoms with Crippen molar-refractivity contribution in [1.82, 2.24) is 0 Å². The van der Waals surface area contributed by atoms with Gasteiger partial charge in [0.2, 0.25) is 0 Å². The summed E-state index contributed by atoms with van der Waals surface area (Å²) < 4.78 is 5.93. The van der Waals surface area contributed by atoms with Crippen LogP contribution in [-0.2, 0) is 4.74 Å². The molecule has 0 saturated heterocycles. The molecule has 2 fully saturated rings. The Morgan fingerprint density at radius 2 is 1.35 bits per heavy atom. The fraction of sp³-hybridized carbons (Fsp3) is 1.00. The Kier molecular flexibility index (Phi) is 7.41. The molecule has 118 valence electrons. The minimum absolute atomic E-state index is 0.590. The van der Waals surface area contributed by atoms with E-state index >= 15 is 0 Å². The third-order valence-electron chi connectivity index (χ3n) is 5.80. The summed E-state index contributed by atoms with van der Waals surface area (Å²) in [4.78, 5) is 0. The van der Waals surface area contributed by atoms with Crippen LogP contribution in [0.3, 0.4) is 0 Å². The minimum Gasteiger partial charge on any atom is -0.378 e.